The molecule has 23 heavy (non-hydrogen) atoms. The number of carbonyl (C=O) groups excluding carboxylic acids is 1. The van der Waals surface area contributed by atoms with Crippen molar-refractivity contribution in [1.82, 2.24) is 5.43 Å². The van der Waals surface area contributed by atoms with Gasteiger partial charge in [0.2, 0.25) is 0 Å². The third-order valence-electron chi connectivity index (χ3n) is 3.21. The number of amides is 1. The number of hydrogen-bond donors (Lipinski definition) is 1. The minimum Gasteiger partial charge on any atom is -0.497 e. The van der Waals surface area contributed by atoms with Gasteiger partial charge in [0.1, 0.15) is 11.5 Å². The van der Waals surface area contributed by atoms with Gasteiger partial charge in [0, 0.05) is 20.8 Å². The van der Waals surface area contributed by atoms with Crippen molar-refractivity contribution in [3.63, 3.8) is 0 Å². The number of halogens is 1. The minimum atomic E-state index is -0.254. The Bertz CT molecular complexity index is 744. The zero-order valence-electron chi connectivity index (χ0n) is 13.1. The van der Waals surface area contributed by atoms with Gasteiger partial charge < -0.3 is 9.47 Å². The maximum atomic E-state index is 12.1. The van der Waals surface area contributed by atoms with Gasteiger partial charge in [-0.2, -0.15) is 5.10 Å². The van der Waals surface area contributed by atoms with E-state index in [1.165, 1.54) is 0 Å². The lowest BCUT2D eigenvalue weighted by atomic mass is 10.1. The second-order valence-electron chi connectivity index (χ2n) is 4.71. The van der Waals surface area contributed by atoms with E-state index in [1.807, 2.05) is 24.3 Å². The lowest BCUT2D eigenvalue weighted by Gasteiger charge is -2.10. The topological polar surface area (TPSA) is 59.9 Å². The first-order valence-corrected chi connectivity index (χ1v) is 7.95. The van der Waals surface area contributed by atoms with Crippen LogP contribution in [0.1, 0.15) is 22.8 Å². The average molecular weight is 424 g/mol. The number of carbonyl (C=O) groups is 1. The first kappa shape index (κ1) is 17.3. The first-order chi connectivity index (χ1) is 11.0. The lowest BCUT2D eigenvalue weighted by Crippen LogP contribution is -2.19. The molecule has 2 rings (SSSR count). The summed E-state index contributed by atoms with van der Waals surface area (Å²) in [5.41, 5.74) is 4.56. The van der Waals surface area contributed by atoms with Gasteiger partial charge in [0.15, 0.2) is 0 Å². The smallest absolute Gasteiger partial charge is 0.271 e. The van der Waals surface area contributed by atoms with Crippen molar-refractivity contribution in [3.05, 3.63) is 57.2 Å². The van der Waals surface area contributed by atoms with Crippen LogP contribution in [-0.4, -0.2) is 25.8 Å². The van der Waals surface area contributed by atoms with E-state index in [0.29, 0.717) is 22.8 Å². The van der Waals surface area contributed by atoms with E-state index in [1.54, 1.807) is 39.3 Å². The average Bonchev–Trinajstić information content (AvgIpc) is 2.58. The maximum absolute atomic E-state index is 12.1. The van der Waals surface area contributed by atoms with Gasteiger partial charge in [-0.3, -0.25) is 4.79 Å². The quantitative estimate of drug-likeness (QED) is 0.455. The van der Waals surface area contributed by atoms with Crippen LogP contribution in [0.2, 0.25) is 0 Å². The Morgan fingerprint density at radius 3 is 2.57 bits per heavy atom. The molecule has 5 nitrogen and oxygen atoms in total. The highest BCUT2D eigenvalue weighted by Gasteiger charge is 2.09. The SMILES string of the molecule is COc1ccc(/C(C)=N/NC(=O)c2cccc(I)c2)c(OC)c1. The zero-order chi connectivity index (χ0) is 16.8. The summed E-state index contributed by atoms with van der Waals surface area (Å²) in [4.78, 5) is 12.1. The van der Waals surface area contributed by atoms with E-state index in [0.717, 1.165) is 9.13 Å². The van der Waals surface area contributed by atoms with Crippen LogP contribution in [0.4, 0.5) is 0 Å². The van der Waals surface area contributed by atoms with E-state index in [9.17, 15) is 4.79 Å². The maximum Gasteiger partial charge on any atom is 0.271 e. The van der Waals surface area contributed by atoms with E-state index in [2.05, 4.69) is 33.1 Å². The number of ether oxygens (including phenoxy) is 2. The Labute approximate surface area is 148 Å². The predicted octanol–water partition coefficient (Wildman–Crippen LogP) is 3.46. The highest BCUT2D eigenvalue weighted by molar-refractivity contribution is 14.1. The number of hydrazone groups is 1. The van der Waals surface area contributed by atoms with E-state index >= 15 is 0 Å². The molecule has 0 aliphatic carbocycles. The summed E-state index contributed by atoms with van der Waals surface area (Å²) in [5, 5.41) is 4.16. The van der Waals surface area contributed by atoms with E-state index in [-0.39, 0.29) is 5.91 Å². The second kappa shape index (κ2) is 7.96. The highest BCUT2D eigenvalue weighted by Crippen LogP contribution is 2.25. The van der Waals surface area contributed by atoms with Gasteiger partial charge in [-0.25, -0.2) is 5.43 Å². The molecule has 0 aromatic heterocycles. The summed E-state index contributed by atoms with van der Waals surface area (Å²) in [6, 6.07) is 12.7. The molecule has 1 amide bonds. The van der Waals surface area contributed by atoms with Gasteiger partial charge in [0.25, 0.3) is 5.91 Å². The van der Waals surface area contributed by atoms with E-state index < -0.39 is 0 Å². The summed E-state index contributed by atoms with van der Waals surface area (Å²) in [5.74, 6) is 1.07. The van der Waals surface area contributed by atoms with Crippen molar-refractivity contribution in [3.8, 4) is 11.5 Å². The minimum absolute atomic E-state index is 0.254. The van der Waals surface area contributed by atoms with Crippen LogP contribution in [-0.2, 0) is 0 Å². The normalized spacial score (nSPS) is 11.0. The van der Waals surface area contributed by atoms with Crippen LogP contribution in [0, 0.1) is 3.57 Å². The van der Waals surface area contributed by atoms with Crippen LogP contribution in [0.3, 0.4) is 0 Å². The van der Waals surface area contributed by atoms with Crippen molar-refractivity contribution in [2.24, 2.45) is 5.10 Å². The standard InChI is InChI=1S/C17H17IN2O3/c1-11(15-8-7-14(22-2)10-16(15)23-3)19-20-17(21)12-5-4-6-13(18)9-12/h4-10H,1-3H3,(H,20,21)/b19-11+. The van der Waals surface area contributed by atoms with Gasteiger partial charge >= 0.3 is 0 Å². The molecule has 2 aromatic carbocycles. The van der Waals surface area contributed by atoms with Gasteiger partial charge in [-0.1, -0.05) is 6.07 Å². The molecule has 0 bridgehead atoms. The monoisotopic (exact) mass is 424 g/mol. The summed E-state index contributed by atoms with van der Waals surface area (Å²) >= 11 is 2.16. The molecular formula is C17H17IN2O3. The van der Waals surface area contributed by atoms with Crippen molar-refractivity contribution < 1.29 is 14.3 Å². The van der Waals surface area contributed by atoms with Gasteiger partial charge in [-0.05, 0) is 59.8 Å². The first-order valence-electron chi connectivity index (χ1n) is 6.87. The molecule has 1 N–H and O–H groups in total. The molecule has 120 valence electrons. The number of nitrogens with one attached hydrogen (secondary N) is 1. The Kier molecular flexibility index (Phi) is 5.97. The van der Waals surface area contributed by atoms with Crippen LogP contribution in [0.15, 0.2) is 47.6 Å². The molecule has 0 aliphatic heterocycles. The van der Waals surface area contributed by atoms with Crippen molar-refractivity contribution >= 4 is 34.2 Å². The fraction of sp³-hybridized carbons (Fsp3) is 0.176. The summed E-state index contributed by atoms with van der Waals surface area (Å²) < 4.78 is 11.5. The summed E-state index contributed by atoms with van der Waals surface area (Å²) in [7, 11) is 3.17. The Balaban J connectivity index is 2.18. The lowest BCUT2D eigenvalue weighted by molar-refractivity contribution is 0.0954. The number of nitrogens with zero attached hydrogens (tertiary/aromatic N) is 1. The molecule has 6 heteroatoms. The molecule has 0 spiro atoms. The van der Waals surface area contributed by atoms with Crippen LogP contribution in [0.5, 0.6) is 11.5 Å². The Hall–Kier alpha value is -2.09. The summed E-state index contributed by atoms with van der Waals surface area (Å²) in [6.07, 6.45) is 0. The fourth-order valence-electron chi connectivity index (χ4n) is 1.99. The third-order valence-corrected chi connectivity index (χ3v) is 3.88. The molecule has 0 aliphatic rings. The molecule has 0 fully saturated rings. The molecule has 0 heterocycles. The number of benzene rings is 2. The number of methoxy groups -OCH3 is 2. The number of hydrogen-bond acceptors (Lipinski definition) is 4. The van der Waals surface area contributed by atoms with Crippen molar-refractivity contribution in [1.29, 1.82) is 0 Å². The number of rotatable bonds is 5. The van der Waals surface area contributed by atoms with Crippen LogP contribution in [0.25, 0.3) is 0 Å². The Morgan fingerprint density at radius 1 is 1.13 bits per heavy atom. The molecular weight excluding hydrogens is 407 g/mol. The fourth-order valence-corrected chi connectivity index (χ4v) is 2.53. The molecule has 0 radical (unpaired) electrons. The van der Waals surface area contributed by atoms with Gasteiger partial charge in [0.05, 0.1) is 19.9 Å². The highest BCUT2D eigenvalue weighted by atomic mass is 127. The summed E-state index contributed by atoms with van der Waals surface area (Å²) in [6.45, 7) is 1.80. The molecule has 0 saturated heterocycles. The molecule has 2 aromatic rings. The van der Waals surface area contributed by atoms with E-state index in [4.69, 9.17) is 9.47 Å². The Morgan fingerprint density at radius 2 is 1.91 bits per heavy atom. The van der Waals surface area contributed by atoms with Crippen LogP contribution >= 0.6 is 22.6 Å². The largest absolute Gasteiger partial charge is 0.497 e. The van der Waals surface area contributed by atoms with Crippen molar-refractivity contribution in [2.75, 3.05) is 14.2 Å². The molecule has 0 atom stereocenters. The van der Waals surface area contributed by atoms with Crippen molar-refractivity contribution in [2.45, 2.75) is 6.92 Å². The third kappa shape index (κ3) is 4.44. The zero-order valence-corrected chi connectivity index (χ0v) is 15.2. The second-order valence-corrected chi connectivity index (χ2v) is 5.96. The predicted molar refractivity (Wildman–Crippen MR) is 98.4 cm³/mol. The van der Waals surface area contributed by atoms with Crippen LogP contribution < -0.4 is 14.9 Å². The molecule has 0 unspecified atom stereocenters. The molecule has 0 saturated carbocycles. The van der Waals surface area contributed by atoms with Gasteiger partial charge in [-0.15, -0.1) is 0 Å².